The number of alkyl halides is 3. The van der Waals surface area contributed by atoms with Crippen LogP contribution in [0.3, 0.4) is 0 Å². The van der Waals surface area contributed by atoms with Gasteiger partial charge in [-0.3, -0.25) is 0 Å². The summed E-state index contributed by atoms with van der Waals surface area (Å²) in [6, 6.07) is 15.3. The molecule has 0 amide bonds. The molecule has 1 atom stereocenters. The highest BCUT2D eigenvalue weighted by atomic mass is 32.2. The summed E-state index contributed by atoms with van der Waals surface area (Å²) in [5.74, 6) is 0. The number of fused-ring (bicyclic) bond motifs is 1. The molecule has 23 heavy (non-hydrogen) atoms. The van der Waals surface area contributed by atoms with Gasteiger partial charge in [0.25, 0.3) is 0 Å². The van der Waals surface area contributed by atoms with Crippen molar-refractivity contribution >= 4 is 17.8 Å². The summed E-state index contributed by atoms with van der Waals surface area (Å²) in [6.45, 7) is 2.00. The van der Waals surface area contributed by atoms with Crippen molar-refractivity contribution in [3.63, 3.8) is 0 Å². The summed E-state index contributed by atoms with van der Waals surface area (Å²) >= 11 is 0.0826. The lowest BCUT2D eigenvalue weighted by molar-refractivity contribution is -0.0332. The Bertz CT molecular complexity index is 714. The Hall–Kier alpha value is -1.68. The second-order valence-electron chi connectivity index (χ2n) is 5.77. The Morgan fingerprint density at radius 3 is 2.39 bits per heavy atom. The van der Waals surface area contributed by atoms with Gasteiger partial charge >= 0.3 is 5.51 Å². The third kappa shape index (κ3) is 3.99. The van der Waals surface area contributed by atoms with E-state index in [1.165, 1.54) is 0 Å². The summed E-state index contributed by atoms with van der Waals surface area (Å²) in [4.78, 5) is 0. The fourth-order valence-electron chi connectivity index (χ4n) is 2.92. The zero-order valence-corrected chi connectivity index (χ0v) is 13.5. The molecule has 0 N–H and O–H groups in total. The van der Waals surface area contributed by atoms with Crippen molar-refractivity contribution in [2.75, 3.05) is 0 Å². The molecule has 120 valence electrons. The number of benzene rings is 2. The zero-order chi connectivity index (χ0) is 16.4. The monoisotopic (exact) mass is 334 g/mol. The molecule has 2 aromatic carbocycles. The van der Waals surface area contributed by atoms with Gasteiger partial charge in [-0.2, -0.15) is 13.2 Å². The molecule has 0 aliphatic heterocycles. The van der Waals surface area contributed by atoms with Crippen LogP contribution < -0.4 is 0 Å². The number of aryl methyl sites for hydroxylation is 2. The van der Waals surface area contributed by atoms with Crippen molar-refractivity contribution in [3.05, 3.63) is 76.4 Å². The van der Waals surface area contributed by atoms with Gasteiger partial charge in [-0.25, -0.2) is 0 Å². The molecule has 4 heteroatoms. The van der Waals surface area contributed by atoms with E-state index in [-0.39, 0.29) is 11.8 Å². The van der Waals surface area contributed by atoms with Crippen LogP contribution in [0.25, 0.3) is 6.08 Å². The molecule has 0 spiro atoms. The van der Waals surface area contributed by atoms with Gasteiger partial charge in [0.05, 0.1) is 5.25 Å². The van der Waals surface area contributed by atoms with Crippen LogP contribution in [0.4, 0.5) is 13.2 Å². The summed E-state index contributed by atoms with van der Waals surface area (Å²) in [5, 5.41) is -0.652. The van der Waals surface area contributed by atoms with E-state index >= 15 is 0 Å². The maximum Gasteiger partial charge on any atom is 0.442 e. The van der Waals surface area contributed by atoms with E-state index < -0.39 is 10.8 Å². The van der Waals surface area contributed by atoms with Crippen molar-refractivity contribution < 1.29 is 13.2 Å². The predicted molar refractivity (Wildman–Crippen MR) is 90.3 cm³/mol. The van der Waals surface area contributed by atoms with Gasteiger partial charge in [0, 0.05) is 0 Å². The van der Waals surface area contributed by atoms with Crippen LogP contribution in [-0.4, -0.2) is 5.51 Å². The van der Waals surface area contributed by atoms with Crippen molar-refractivity contribution in [1.82, 2.24) is 0 Å². The van der Waals surface area contributed by atoms with Crippen LogP contribution in [-0.2, 0) is 6.42 Å². The second-order valence-corrected chi connectivity index (χ2v) is 6.94. The molecule has 0 saturated carbocycles. The molecule has 1 aliphatic rings. The largest absolute Gasteiger partial charge is 0.442 e. The van der Waals surface area contributed by atoms with Gasteiger partial charge in [0.1, 0.15) is 0 Å². The van der Waals surface area contributed by atoms with Crippen LogP contribution >= 0.6 is 11.8 Å². The van der Waals surface area contributed by atoms with E-state index in [1.807, 2.05) is 61.5 Å². The maximum absolute atomic E-state index is 13.0. The van der Waals surface area contributed by atoms with Gasteiger partial charge in [-0.15, -0.1) is 0 Å². The van der Waals surface area contributed by atoms with E-state index in [9.17, 15) is 13.2 Å². The number of hydrogen-bond acceptors (Lipinski definition) is 1. The zero-order valence-electron chi connectivity index (χ0n) is 12.7. The Kier molecular flexibility index (Phi) is 4.53. The molecule has 0 nitrogen and oxygen atoms in total. The highest BCUT2D eigenvalue weighted by molar-refractivity contribution is 8.00. The van der Waals surface area contributed by atoms with Gasteiger partial charge in [-0.1, -0.05) is 65.7 Å². The minimum atomic E-state index is -4.25. The lowest BCUT2D eigenvalue weighted by atomic mass is 9.86. The summed E-state index contributed by atoms with van der Waals surface area (Å²) in [6.07, 6.45) is 3.38. The van der Waals surface area contributed by atoms with Crippen LogP contribution in [0.1, 0.15) is 33.9 Å². The Morgan fingerprint density at radius 2 is 1.70 bits per heavy atom. The van der Waals surface area contributed by atoms with Crippen LogP contribution in [0.15, 0.2) is 54.1 Å². The van der Waals surface area contributed by atoms with E-state index in [0.29, 0.717) is 6.42 Å². The van der Waals surface area contributed by atoms with Crippen molar-refractivity contribution in [2.24, 2.45) is 0 Å². The fraction of sp³-hybridized carbons (Fsp3) is 0.263. The number of rotatable bonds is 2. The fourth-order valence-corrected chi connectivity index (χ4v) is 3.89. The molecular weight excluding hydrogens is 317 g/mol. The normalized spacial score (nSPS) is 19.7. The lowest BCUT2D eigenvalue weighted by Crippen LogP contribution is -2.14. The van der Waals surface area contributed by atoms with Crippen molar-refractivity contribution in [2.45, 2.75) is 30.5 Å². The lowest BCUT2D eigenvalue weighted by Gasteiger charge is -2.28. The molecule has 0 aromatic heterocycles. The van der Waals surface area contributed by atoms with E-state index in [4.69, 9.17) is 0 Å². The first-order valence-corrected chi connectivity index (χ1v) is 8.40. The van der Waals surface area contributed by atoms with Gasteiger partial charge in [-0.05, 0) is 48.2 Å². The first-order valence-electron chi connectivity index (χ1n) is 7.52. The van der Waals surface area contributed by atoms with E-state index in [1.54, 1.807) is 0 Å². The topological polar surface area (TPSA) is 0 Å². The average Bonchev–Trinajstić information content (AvgIpc) is 2.50. The molecule has 2 aromatic rings. The average molecular weight is 334 g/mol. The van der Waals surface area contributed by atoms with Gasteiger partial charge in [0.2, 0.25) is 0 Å². The SMILES string of the molecule is Cc1ccc(/C=C2\CCc3ccccc3[C@H]2SC(F)(F)F)cc1. The van der Waals surface area contributed by atoms with Crippen LogP contribution in [0.5, 0.6) is 0 Å². The molecule has 0 radical (unpaired) electrons. The smallest absolute Gasteiger partial charge is 0.160 e. The Labute approximate surface area is 138 Å². The predicted octanol–water partition coefficient (Wildman–Crippen LogP) is 6.32. The summed E-state index contributed by atoms with van der Waals surface area (Å²) < 4.78 is 39.1. The molecule has 3 rings (SSSR count). The van der Waals surface area contributed by atoms with Gasteiger partial charge < -0.3 is 0 Å². The van der Waals surface area contributed by atoms with Gasteiger partial charge in [0.15, 0.2) is 0 Å². The summed E-state index contributed by atoms with van der Waals surface area (Å²) in [5.41, 5.74) is 0.506. The third-order valence-electron chi connectivity index (χ3n) is 4.04. The van der Waals surface area contributed by atoms with E-state index in [0.717, 1.165) is 34.2 Å². The first kappa shape index (κ1) is 16.2. The summed E-state index contributed by atoms with van der Waals surface area (Å²) in [7, 11) is 0. The Balaban J connectivity index is 2.00. The molecular formula is C19H17F3S. The molecule has 1 aliphatic carbocycles. The number of thioether (sulfide) groups is 1. The van der Waals surface area contributed by atoms with Crippen LogP contribution in [0.2, 0.25) is 0 Å². The maximum atomic E-state index is 13.0. The second kappa shape index (κ2) is 6.44. The molecule has 0 unspecified atom stereocenters. The molecule has 0 saturated heterocycles. The van der Waals surface area contributed by atoms with Crippen molar-refractivity contribution in [3.8, 4) is 0 Å². The van der Waals surface area contributed by atoms with Crippen molar-refractivity contribution in [1.29, 1.82) is 0 Å². The Morgan fingerprint density at radius 1 is 1.00 bits per heavy atom. The number of hydrogen-bond donors (Lipinski definition) is 0. The van der Waals surface area contributed by atoms with E-state index in [2.05, 4.69) is 0 Å². The molecule has 0 bridgehead atoms. The first-order chi connectivity index (χ1) is 10.9. The number of halogens is 3. The quantitative estimate of drug-likeness (QED) is 0.619. The standard InChI is InChI=1S/C19H17F3S/c1-13-6-8-14(9-7-13)12-16-11-10-15-4-2-3-5-17(15)18(16)23-19(20,21)22/h2-9,12,18H,10-11H2,1H3/b16-12+/t18-/m0/s1. The molecule has 0 heterocycles. The minimum Gasteiger partial charge on any atom is -0.160 e. The highest BCUT2D eigenvalue weighted by Gasteiger charge is 2.37. The minimum absolute atomic E-state index is 0.0826. The highest BCUT2D eigenvalue weighted by Crippen LogP contribution is 2.50. The van der Waals surface area contributed by atoms with Crippen LogP contribution in [0, 0.1) is 6.92 Å². The molecule has 0 fully saturated rings. The third-order valence-corrected chi connectivity index (χ3v) is 5.10.